The highest BCUT2D eigenvalue weighted by molar-refractivity contribution is 7.92. The molecule has 1 saturated heterocycles. The number of carbonyl (C=O) groups excluding carboxylic acids is 1. The zero-order valence-corrected chi connectivity index (χ0v) is 18.3. The van der Waals surface area contributed by atoms with Gasteiger partial charge in [0.1, 0.15) is 12.3 Å². The van der Waals surface area contributed by atoms with Crippen LogP contribution in [0.25, 0.3) is 0 Å². The first-order valence-electron chi connectivity index (χ1n) is 9.79. The van der Waals surface area contributed by atoms with E-state index in [9.17, 15) is 13.2 Å². The average molecular weight is 453 g/mol. The number of rotatable bonds is 9. The molecule has 1 amide bonds. The lowest BCUT2D eigenvalue weighted by molar-refractivity contribution is -0.120. The summed E-state index contributed by atoms with van der Waals surface area (Å²) in [4.78, 5) is 12.6. The second-order valence-electron chi connectivity index (χ2n) is 6.83. The molecule has 1 heterocycles. The molecule has 1 N–H and O–H groups in total. The van der Waals surface area contributed by atoms with Crippen LogP contribution in [0.15, 0.2) is 53.4 Å². The predicted octanol–water partition coefficient (Wildman–Crippen LogP) is 3.23. The lowest BCUT2D eigenvalue weighted by Gasteiger charge is -2.24. The maximum atomic E-state index is 13.3. The number of amides is 1. The van der Waals surface area contributed by atoms with Gasteiger partial charge in [-0.15, -0.1) is 0 Å². The number of halogens is 1. The van der Waals surface area contributed by atoms with Gasteiger partial charge >= 0.3 is 0 Å². The SMILES string of the molecule is CCOc1ccc(N(CC(=O)NC[C@H]2CCCO2)S(=O)(=O)c2ccc(Cl)cc2)cc1. The Hall–Kier alpha value is -2.29. The number of anilines is 1. The molecule has 30 heavy (non-hydrogen) atoms. The van der Waals surface area contributed by atoms with Gasteiger partial charge in [0, 0.05) is 18.2 Å². The number of hydrogen-bond donors (Lipinski definition) is 1. The third kappa shape index (κ3) is 5.65. The number of nitrogens with zero attached hydrogens (tertiary/aromatic N) is 1. The lowest BCUT2D eigenvalue weighted by atomic mass is 10.2. The van der Waals surface area contributed by atoms with Crippen molar-refractivity contribution >= 4 is 33.2 Å². The summed E-state index contributed by atoms with van der Waals surface area (Å²) in [7, 11) is -3.99. The molecule has 0 saturated carbocycles. The summed E-state index contributed by atoms with van der Waals surface area (Å²) < 4.78 is 38.6. The first-order valence-corrected chi connectivity index (χ1v) is 11.6. The smallest absolute Gasteiger partial charge is 0.264 e. The molecule has 0 radical (unpaired) electrons. The summed E-state index contributed by atoms with van der Waals surface area (Å²) in [6.07, 6.45) is 1.82. The van der Waals surface area contributed by atoms with Crippen molar-refractivity contribution in [3.05, 3.63) is 53.6 Å². The van der Waals surface area contributed by atoms with E-state index >= 15 is 0 Å². The molecule has 1 aliphatic heterocycles. The summed E-state index contributed by atoms with van der Waals surface area (Å²) in [5.41, 5.74) is 0.362. The van der Waals surface area contributed by atoms with E-state index in [4.69, 9.17) is 21.1 Å². The van der Waals surface area contributed by atoms with Crippen molar-refractivity contribution in [3.63, 3.8) is 0 Å². The standard InChI is InChI=1S/C21H25ClN2O5S/c1-2-28-18-9-7-17(8-10-18)24(15-21(25)23-14-19-4-3-13-29-19)30(26,27)20-11-5-16(22)6-12-20/h5-12,19H,2-4,13-15H2,1H3,(H,23,25)/t19-/m1/s1. The molecule has 0 spiro atoms. The van der Waals surface area contributed by atoms with E-state index in [0.29, 0.717) is 36.2 Å². The van der Waals surface area contributed by atoms with Crippen molar-refractivity contribution in [2.75, 3.05) is 30.6 Å². The zero-order valence-electron chi connectivity index (χ0n) is 16.7. The molecule has 9 heteroatoms. The van der Waals surface area contributed by atoms with E-state index in [-0.39, 0.29) is 17.5 Å². The highest BCUT2D eigenvalue weighted by Crippen LogP contribution is 2.26. The quantitative estimate of drug-likeness (QED) is 0.631. The van der Waals surface area contributed by atoms with Crippen LogP contribution in [-0.2, 0) is 19.6 Å². The normalized spacial score (nSPS) is 16.3. The summed E-state index contributed by atoms with van der Waals surface area (Å²) >= 11 is 5.89. The van der Waals surface area contributed by atoms with Gasteiger partial charge in [0.25, 0.3) is 10.0 Å². The Morgan fingerprint density at radius 3 is 2.50 bits per heavy atom. The fraction of sp³-hybridized carbons (Fsp3) is 0.381. The van der Waals surface area contributed by atoms with Crippen LogP contribution in [0.2, 0.25) is 5.02 Å². The van der Waals surface area contributed by atoms with Crippen LogP contribution in [-0.4, -0.2) is 46.7 Å². The molecule has 0 unspecified atom stereocenters. The van der Waals surface area contributed by atoms with E-state index in [2.05, 4.69) is 5.32 Å². The number of nitrogens with one attached hydrogen (secondary N) is 1. The fourth-order valence-corrected chi connectivity index (χ4v) is 4.69. The number of sulfonamides is 1. The minimum absolute atomic E-state index is 0.0271. The van der Waals surface area contributed by atoms with Gasteiger partial charge in [-0.1, -0.05) is 11.6 Å². The van der Waals surface area contributed by atoms with Gasteiger partial charge in [0.15, 0.2) is 0 Å². The van der Waals surface area contributed by atoms with Crippen LogP contribution in [0.5, 0.6) is 5.75 Å². The van der Waals surface area contributed by atoms with Crippen LogP contribution in [0.3, 0.4) is 0 Å². The van der Waals surface area contributed by atoms with Gasteiger partial charge in [-0.05, 0) is 68.3 Å². The number of ether oxygens (including phenoxy) is 2. The Morgan fingerprint density at radius 2 is 1.90 bits per heavy atom. The maximum Gasteiger partial charge on any atom is 0.264 e. The second-order valence-corrected chi connectivity index (χ2v) is 9.13. The molecule has 2 aromatic rings. The fourth-order valence-electron chi connectivity index (χ4n) is 3.14. The minimum Gasteiger partial charge on any atom is -0.494 e. The molecule has 0 aromatic heterocycles. The number of carbonyl (C=O) groups is 1. The van der Waals surface area contributed by atoms with E-state index in [0.717, 1.165) is 17.1 Å². The van der Waals surface area contributed by atoms with Crippen LogP contribution >= 0.6 is 11.6 Å². The molecule has 2 aromatic carbocycles. The molecule has 3 rings (SSSR count). The van der Waals surface area contributed by atoms with Crippen molar-refractivity contribution in [1.29, 1.82) is 0 Å². The topological polar surface area (TPSA) is 84.9 Å². The Kier molecular flexibility index (Phi) is 7.58. The molecule has 162 valence electrons. The van der Waals surface area contributed by atoms with E-state index in [1.807, 2.05) is 6.92 Å². The second kappa shape index (κ2) is 10.1. The van der Waals surface area contributed by atoms with E-state index < -0.39 is 15.9 Å². The Bertz CT molecular complexity index is 942. The molecule has 7 nitrogen and oxygen atoms in total. The minimum atomic E-state index is -3.99. The number of hydrogen-bond acceptors (Lipinski definition) is 5. The van der Waals surface area contributed by atoms with Gasteiger partial charge < -0.3 is 14.8 Å². The van der Waals surface area contributed by atoms with Gasteiger partial charge in [0.05, 0.1) is 23.3 Å². The van der Waals surface area contributed by atoms with Crippen molar-refractivity contribution in [1.82, 2.24) is 5.32 Å². The Balaban J connectivity index is 1.83. The van der Waals surface area contributed by atoms with Gasteiger partial charge in [0.2, 0.25) is 5.91 Å². The van der Waals surface area contributed by atoms with Crippen LogP contribution < -0.4 is 14.4 Å². The highest BCUT2D eigenvalue weighted by Gasteiger charge is 2.28. The van der Waals surface area contributed by atoms with Gasteiger partial charge in [-0.25, -0.2) is 8.42 Å². The number of benzene rings is 2. The van der Waals surface area contributed by atoms with Gasteiger partial charge in [-0.2, -0.15) is 0 Å². The maximum absolute atomic E-state index is 13.3. The zero-order chi connectivity index (χ0) is 21.6. The van der Waals surface area contributed by atoms with Crippen molar-refractivity contribution in [2.24, 2.45) is 0 Å². The van der Waals surface area contributed by atoms with E-state index in [1.54, 1.807) is 24.3 Å². The van der Waals surface area contributed by atoms with Gasteiger partial charge in [-0.3, -0.25) is 9.10 Å². The molecular weight excluding hydrogens is 428 g/mol. The monoisotopic (exact) mass is 452 g/mol. The van der Waals surface area contributed by atoms with Crippen LogP contribution in [0.4, 0.5) is 5.69 Å². The molecule has 0 bridgehead atoms. The first kappa shape index (κ1) is 22.4. The summed E-state index contributed by atoms with van der Waals surface area (Å²) in [6, 6.07) is 12.4. The van der Waals surface area contributed by atoms with Crippen LogP contribution in [0.1, 0.15) is 19.8 Å². The average Bonchev–Trinajstić information content (AvgIpc) is 3.25. The Labute approximate surface area is 182 Å². The molecule has 1 atom stereocenters. The Morgan fingerprint density at radius 1 is 1.20 bits per heavy atom. The third-order valence-corrected chi connectivity index (χ3v) is 6.72. The van der Waals surface area contributed by atoms with Crippen molar-refractivity contribution in [3.8, 4) is 5.75 Å². The first-order chi connectivity index (χ1) is 14.4. The largest absolute Gasteiger partial charge is 0.494 e. The molecular formula is C21H25ClN2O5S. The molecule has 1 fully saturated rings. The van der Waals surface area contributed by atoms with Crippen molar-refractivity contribution < 1.29 is 22.7 Å². The highest BCUT2D eigenvalue weighted by atomic mass is 35.5. The van der Waals surface area contributed by atoms with Crippen molar-refractivity contribution in [2.45, 2.75) is 30.8 Å². The molecule has 1 aliphatic rings. The van der Waals surface area contributed by atoms with Crippen LogP contribution in [0, 0.1) is 0 Å². The lowest BCUT2D eigenvalue weighted by Crippen LogP contribution is -2.42. The predicted molar refractivity (Wildman–Crippen MR) is 116 cm³/mol. The summed E-state index contributed by atoms with van der Waals surface area (Å²) in [5, 5.41) is 3.20. The van der Waals surface area contributed by atoms with E-state index in [1.165, 1.54) is 24.3 Å². The summed E-state index contributed by atoms with van der Waals surface area (Å²) in [6.45, 7) is 3.05. The third-order valence-electron chi connectivity index (χ3n) is 4.68. The summed E-state index contributed by atoms with van der Waals surface area (Å²) in [5.74, 6) is 0.213. The molecule has 0 aliphatic carbocycles.